The number of hydrogen-bond acceptors (Lipinski definition) is 2. The average Bonchev–Trinajstić information content (AvgIpc) is 2.53. The van der Waals surface area contributed by atoms with Crippen LogP contribution in [0.5, 0.6) is 0 Å². The summed E-state index contributed by atoms with van der Waals surface area (Å²) in [6.45, 7) is 11.8. The van der Waals surface area contributed by atoms with E-state index in [0.717, 1.165) is 49.6 Å². The van der Waals surface area contributed by atoms with E-state index in [9.17, 15) is 0 Å². The number of aliphatic imine (C=N–C) groups is 1. The largest absolute Gasteiger partial charge is 0.381 e. The highest BCUT2D eigenvalue weighted by molar-refractivity contribution is 14.0. The van der Waals surface area contributed by atoms with Crippen LogP contribution in [0.25, 0.3) is 0 Å². The number of hydrogen-bond donors (Lipinski definition) is 2. The summed E-state index contributed by atoms with van der Waals surface area (Å²) < 4.78 is 6.73. The first-order chi connectivity index (χ1) is 11.3. The molecule has 0 amide bonds. The van der Waals surface area contributed by atoms with Gasteiger partial charge in [0.2, 0.25) is 0 Å². The van der Waals surface area contributed by atoms with E-state index in [2.05, 4.69) is 78.5 Å². The summed E-state index contributed by atoms with van der Waals surface area (Å²) in [5.74, 6) is 0.882. The van der Waals surface area contributed by atoms with Crippen LogP contribution in [0, 0.1) is 0 Å². The van der Waals surface area contributed by atoms with Gasteiger partial charge in [0.15, 0.2) is 5.96 Å². The Hall–Kier alpha value is -0.340. The maximum Gasteiger partial charge on any atom is 0.191 e. The van der Waals surface area contributed by atoms with Gasteiger partial charge in [-0.1, -0.05) is 28.1 Å². The SMILES string of the molecule is CCNC(=NCC1(c2ccc(Br)cc2)CCOCC1)NC(C)(C)C.I. The van der Waals surface area contributed by atoms with Crippen LogP contribution in [-0.2, 0) is 10.2 Å². The van der Waals surface area contributed by atoms with Gasteiger partial charge >= 0.3 is 0 Å². The fraction of sp³-hybridized carbons (Fsp3) is 0.632. The van der Waals surface area contributed by atoms with Crippen LogP contribution in [0.2, 0.25) is 0 Å². The molecule has 0 aliphatic carbocycles. The lowest BCUT2D eigenvalue weighted by atomic mass is 9.74. The Morgan fingerprint density at radius 3 is 2.32 bits per heavy atom. The fourth-order valence-electron chi connectivity index (χ4n) is 3.00. The zero-order chi connectivity index (χ0) is 17.6. The quantitative estimate of drug-likeness (QED) is 0.348. The highest BCUT2D eigenvalue weighted by Crippen LogP contribution is 2.35. The van der Waals surface area contributed by atoms with E-state index in [4.69, 9.17) is 9.73 Å². The molecular formula is C19H31BrIN3O. The predicted octanol–water partition coefficient (Wildman–Crippen LogP) is 4.47. The zero-order valence-electron chi connectivity index (χ0n) is 15.7. The molecule has 4 nitrogen and oxygen atoms in total. The molecule has 0 unspecified atom stereocenters. The highest BCUT2D eigenvalue weighted by atomic mass is 127. The van der Waals surface area contributed by atoms with Gasteiger partial charge in [-0.25, -0.2) is 0 Å². The fourth-order valence-corrected chi connectivity index (χ4v) is 3.26. The van der Waals surface area contributed by atoms with Gasteiger partial charge in [0, 0.05) is 35.2 Å². The molecule has 1 aromatic rings. The molecule has 1 aromatic carbocycles. The molecule has 0 radical (unpaired) electrons. The second-order valence-electron chi connectivity index (χ2n) is 7.47. The normalized spacial score (nSPS) is 17.6. The number of nitrogens with zero attached hydrogens (tertiary/aromatic N) is 1. The van der Waals surface area contributed by atoms with E-state index < -0.39 is 0 Å². The molecule has 1 fully saturated rings. The van der Waals surface area contributed by atoms with Crippen molar-refractivity contribution in [2.24, 2.45) is 4.99 Å². The lowest BCUT2D eigenvalue weighted by molar-refractivity contribution is 0.0531. The Labute approximate surface area is 177 Å². The van der Waals surface area contributed by atoms with E-state index in [0.29, 0.717) is 0 Å². The van der Waals surface area contributed by atoms with Crippen LogP contribution in [0.1, 0.15) is 46.1 Å². The summed E-state index contributed by atoms with van der Waals surface area (Å²) in [5.41, 5.74) is 1.39. The molecule has 0 spiro atoms. The first-order valence-corrected chi connectivity index (χ1v) is 9.54. The summed E-state index contributed by atoms with van der Waals surface area (Å²) >= 11 is 3.53. The molecule has 0 aromatic heterocycles. The smallest absolute Gasteiger partial charge is 0.191 e. The third-order valence-corrected chi connectivity index (χ3v) is 4.81. The Balaban J connectivity index is 0.00000312. The van der Waals surface area contributed by atoms with Crippen molar-refractivity contribution < 1.29 is 4.74 Å². The first-order valence-electron chi connectivity index (χ1n) is 8.75. The molecular weight excluding hydrogens is 493 g/mol. The third-order valence-electron chi connectivity index (χ3n) is 4.28. The molecule has 2 rings (SSSR count). The number of nitrogens with one attached hydrogen (secondary N) is 2. The highest BCUT2D eigenvalue weighted by Gasteiger charge is 2.34. The van der Waals surface area contributed by atoms with Gasteiger partial charge < -0.3 is 15.4 Å². The van der Waals surface area contributed by atoms with Gasteiger partial charge in [0.25, 0.3) is 0 Å². The Bertz CT molecular complexity index is 549. The minimum atomic E-state index is -0.0124. The second kappa shape index (κ2) is 10.1. The van der Waals surface area contributed by atoms with Crippen LogP contribution in [-0.4, -0.2) is 37.8 Å². The standard InChI is InChI=1S/C19H30BrN3O.HI/c1-5-21-17(23-18(2,3)4)22-14-19(10-12-24-13-11-19)15-6-8-16(20)9-7-15;/h6-9H,5,10-14H2,1-4H3,(H2,21,22,23);1H. The van der Waals surface area contributed by atoms with Crippen molar-refractivity contribution in [1.29, 1.82) is 0 Å². The number of halogens is 2. The van der Waals surface area contributed by atoms with E-state index >= 15 is 0 Å². The van der Waals surface area contributed by atoms with Crippen LogP contribution >= 0.6 is 39.9 Å². The molecule has 0 bridgehead atoms. The first kappa shape index (κ1) is 22.7. The lowest BCUT2D eigenvalue weighted by Crippen LogP contribution is -2.48. The van der Waals surface area contributed by atoms with Crippen LogP contribution < -0.4 is 10.6 Å². The van der Waals surface area contributed by atoms with Crippen LogP contribution in [0.3, 0.4) is 0 Å². The van der Waals surface area contributed by atoms with Crippen LogP contribution in [0.15, 0.2) is 33.7 Å². The minimum absolute atomic E-state index is 0. The Morgan fingerprint density at radius 2 is 1.80 bits per heavy atom. The van der Waals surface area contributed by atoms with E-state index in [1.54, 1.807) is 0 Å². The molecule has 0 saturated carbocycles. The maximum atomic E-state index is 5.62. The van der Waals surface area contributed by atoms with Crippen molar-refractivity contribution in [3.63, 3.8) is 0 Å². The molecule has 25 heavy (non-hydrogen) atoms. The molecule has 6 heteroatoms. The number of benzene rings is 1. The second-order valence-corrected chi connectivity index (χ2v) is 8.39. The maximum absolute atomic E-state index is 5.62. The van der Waals surface area contributed by atoms with Gasteiger partial charge in [-0.2, -0.15) is 0 Å². The van der Waals surface area contributed by atoms with Gasteiger partial charge in [-0.3, -0.25) is 4.99 Å². The molecule has 0 atom stereocenters. The zero-order valence-corrected chi connectivity index (χ0v) is 19.6. The van der Waals surface area contributed by atoms with E-state index in [1.165, 1.54) is 5.56 Å². The number of rotatable bonds is 4. The monoisotopic (exact) mass is 523 g/mol. The van der Waals surface area contributed by atoms with Crippen molar-refractivity contribution in [3.05, 3.63) is 34.3 Å². The number of guanidine groups is 1. The summed E-state index contributed by atoms with van der Waals surface area (Å²) in [4.78, 5) is 4.92. The topological polar surface area (TPSA) is 45.7 Å². The van der Waals surface area contributed by atoms with Gasteiger partial charge in [-0.05, 0) is 58.2 Å². The van der Waals surface area contributed by atoms with Crippen molar-refractivity contribution in [1.82, 2.24) is 10.6 Å². The summed E-state index contributed by atoms with van der Waals surface area (Å²) in [6.07, 6.45) is 2.01. The van der Waals surface area contributed by atoms with E-state index in [1.807, 2.05) is 0 Å². The molecule has 2 N–H and O–H groups in total. The number of ether oxygens (including phenoxy) is 1. The summed E-state index contributed by atoms with van der Waals surface area (Å²) in [6, 6.07) is 8.67. The van der Waals surface area contributed by atoms with Gasteiger partial charge in [0.1, 0.15) is 0 Å². The predicted molar refractivity (Wildman–Crippen MR) is 120 cm³/mol. The van der Waals surface area contributed by atoms with Crippen molar-refractivity contribution in [3.8, 4) is 0 Å². The molecule has 1 aliphatic rings. The van der Waals surface area contributed by atoms with Gasteiger partial charge in [0.05, 0.1) is 6.54 Å². The molecule has 1 heterocycles. The Morgan fingerprint density at radius 1 is 1.20 bits per heavy atom. The van der Waals surface area contributed by atoms with Crippen molar-refractivity contribution in [2.45, 2.75) is 51.5 Å². The molecule has 1 aliphatic heterocycles. The van der Waals surface area contributed by atoms with Gasteiger partial charge in [-0.15, -0.1) is 24.0 Å². The summed E-state index contributed by atoms with van der Waals surface area (Å²) in [7, 11) is 0. The molecule has 1 saturated heterocycles. The third kappa shape index (κ3) is 7.06. The van der Waals surface area contributed by atoms with Crippen LogP contribution in [0.4, 0.5) is 0 Å². The molecule has 142 valence electrons. The van der Waals surface area contributed by atoms with E-state index in [-0.39, 0.29) is 34.9 Å². The average molecular weight is 524 g/mol. The van der Waals surface area contributed by atoms with Crippen molar-refractivity contribution >= 4 is 45.9 Å². The summed E-state index contributed by atoms with van der Waals surface area (Å²) in [5, 5.41) is 6.83. The minimum Gasteiger partial charge on any atom is -0.381 e. The Kier molecular flexibility index (Phi) is 9.18. The van der Waals surface area contributed by atoms with Crippen molar-refractivity contribution in [2.75, 3.05) is 26.3 Å². The lowest BCUT2D eigenvalue weighted by Gasteiger charge is -2.37.